The molecule has 8 heavy (non-hydrogen) atoms. The molecule has 0 N–H and O–H groups in total. The Hall–Kier alpha value is 3.22. The average Bonchev–Trinajstić information content (AvgIpc) is 1.37. The van der Waals surface area contributed by atoms with Crippen molar-refractivity contribution in [2.45, 2.75) is 26.7 Å². The molecule has 0 unspecified atom stereocenters. The molecule has 0 aliphatic heterocycles. The van der Waals surface area contributed by atoms with Gasteiger partial charge in [-0.15, -0.1) is 0 Å². The van der Waals surface area contributed by atoms with E-state index in [4.69, 9.17) is 0 Å². The molecule has 0 nitrogen and oxygen atoms in total. The molecule has 0 radical (unpaired) electrons. The summed E-state index contributed by atoms with van der Waals surface area (Å²) in [5, 5.41) is 0. The molecular formula is C4H10Cl2KNa. The third-order valence-electron chi connectivity index (χ3n) is 0.500. The third-order valence-corrected chi connectivity index (χ3v) is 0.500. The Balaban J connectivity index is -0.00000000750. The summed E-state index contributed by atoms with van der Waals surface area (Å²) in [6.45, 7) is 4.36. The maximum atomic E-state index is 2.18. The molecule has 0 fully saturated rings. The van der Waals surface area contributed by atoms with Gasteiger partial charge in [0.15, 0.2) is 0 Å². The largest absolute Gasteiger partial charge is 1.00 e. The number of hydrogen-bond acceptors (Lipinski definition) is 0. The average molecular weight is 191 g/mol. The van der Waals surface area contributed by atoms with E-state index in [2.05, 4.69) is 13.8 Å². The second kappa shape index (κ2) is 31.9. The van der Waals surface area contributed by atoms with Gasteiger partial charge in [-0.2, -0.15) is 0 Å². The van der Waals surface area contributed by atoms with Crippen molar-refractivity contribution < 1.29 is 106 Å². The van der Waals surface area contributed by atoms with Crippen LogP contribution in [0.3, 0.4) is 0 Å². The van der Waals surface area contributed by atoms with Crippen LogP contribution < -0.4 is 106 Å². The summed E-state index contributed by atoms with van der Waals surface area (Å²) in [6, 6.07) is 0. The maximum absolute atomic E-state index is 2.18. The van der Waals surface area contributed by atoms with E-state index in [1.54, 1.807) is 0 Å². The summed E-state index contributed by atoms with van der Waals surface area (Å²) in [4.78, 5) is 0. The first-order valence-corrected chi connectivity index (χ1v) is 1.91. The van der Waals surface area contributed by atoms with Crippen molar-refractivity contribution in [1.29, 1.82) is 0 Å². The van der Waals surface area contributed by atoms with Crippen molar-refractivity contribution >= 4 is 0 Å². The van der Waals surface area contributed by atoms with Crippen molar-refractivity contribution in [3.05, 3.63) is 0 Å². The van der Waals surface area contributed by atoms with Crippen LogP contribution in [0.15, 0.2) is 0 Å². The van der Waals surface area contributed by atoms with Crippen LogP contribution in [0, 0.1) is 0 Å². The van der Waals surface area contributed by atoms with Crippen molar-refractivity contribution in [3.63, 3.8) is 0 Å². The van der Waals surface area contributed by atoms with Crippen LogP contribution in [-0.4, -0.2) is 0 Å². The van der Waals surface area contributed by atoms with E-state index >= 15 is 0 Å². The Labute approximate surface area is 129 Å². The molecule has 0 aromatic carbocycles. The zero-order chi connectivity index (χ0) is 3.41. The summed E-state index contributed by atoms with van der Waals surface area (Å²) >= 11 is 0. The molecule has 0 saturated carbocycles. The predicted molar refractivity (Wildman–Crippen MR) is 20.6 cm³/mol. The van der Waals surface area contributed by atoms with E-state index in [9.17, 15) is 0 Å². The summed E-state index contributed by atoms with van der Waals surface area (Å²) in [7, 11) is 0. The molecule has 42 valence electrons. The molecular weight excluding hydrogens is 181 g/mol. The Morgan fingerprint density at radius 3 is 1.00 bits per heavy atom. The van der Waals surface area contributed by atoms with Gasteiger partial charge >= 0.3 is 80.9 Å². The van der Waals surface area contributed by atoms with Crippen molar-refractivity contribution in [3.8, 4) is 0 Å². The van der Waals surface area contributed by atoms with Gasteiger partial charge in [0.2, 0.25) is 0 Å². The van der Waals surface area contributed by atoms with Crippen LogP contribution in [-0.2, 0) is 0 Å². The van der Waals surface area contributed by atoms with E-state index in [0.717, 1.165) is 0 Å². The Bertz CT molecular complexity index is 16.0. The first kappa shape index (κ1) is 30.3. The molecule has 0 aromatic rings. The monoisotopic (exact) mass is 190 g/mol. The smallest absolute Gasteiger partial charge is 1.00 e. The number of rotatable bonds is 1. The maximum Gasteiger partial charge on any atom is 1.00 e. The summed E-state index contributed by atoms with van der Waals surface area (Å²) < 4.78 is 0. The summed E-state index contributed by atoms with van der Waals surface area (Å²) in [5.74, 6) is 0. The molecule has 0 saturated heterocycles. The Morgan fingerprint density at radius 2 is 1.00 bits per heavy atom. The van der Waals surface area contributed by atoms with E-state index in [1.165, 1.54) is 12.8 Å². The number of hydrogen-bond donors (Lipinski definition) is 0. The molecule has 0 bridgehead atoms. The Kier molecular flexibility index (Phi) is 121. The van der Waals surface area contributed by atoms with Crippen LogP contribution in [0.25, 0.3) is 0 Å². The minimum absolute atomic E-state index is 0. The van der Waals surface area contributed by atoms with Gasteiger partial charge in [0.05, 0.1) is 0 Å². The normalized spacial score (nSPS) is 3.75. The second-order valence-electron chi connectivity index (χ2n) is 1.000. The minimum atomic E-state index is 0. The summed E-state index contributed by atoms with van der Waals surface area (Å²) in [5.41, 5.74) is 0. The molecule has 4 heteroatoms. The zero-order valence-electron chi connectivity index (χ0n) is 6.17. The molecule has 0 spiro atoms. The van der Waals surface area contributed by atoms with Gasteiger partial charge in [0.25, 0.3) is 0 Å². The van der Waals surface area contributed by atoms with E-state index < -0.39 is 0 Å². The number of unbranched alkanes of at least 4 members (excludes halogenated alkanes) is 1. The fourth-order valence-corrected chi connectivity index (χ4v) is 0. The van der Waals surface area contributed by atoms with Crippen LogP contribution in [0.5, 0.6) is 0 Å². The first-order chi connectivity index (χ1) is 1.91. The van der Waals surface area contributed by atoms with Crippen LogP contribution >= 0.6 is 0 Å². The zero-order valence-corrected chi connectivity index (χ0v) is 12.8. The number of halogens is 2. The second-order valence-corrected chi connectivity index (χ2v) is 1.000. The van der Waals surface area contributed by atoms with Gasteiger partial charge in [-0.05, 0) is 0 Å². The molecule has 0 rings (SSSR count). The van der Waals surface area contributed by atoms with Crippen LogP contribution in [0.2, 0.25) is 0 Å². The molecule has 0 amide bonds. The standard InChI is InChI=1S/C4H10.2ClH.K.Na/c1-3-4-2;;;;/h3-4H2,1-2H3;2*1H;;/q;;;2*+1/p-2. The Morgan fingerprint density at radius 1 is 0.875 bits per heavy atom. The topological polar surface area (TPSA) is 0 Å². The predicted octanol–water partition coefficient (Wildman–Crippen LogP) is -10.2. The first-order valence-electron chi connectivity index (χ1n) is 1.91. The van der Waals surface area contributed by atoms with Crippen molar-refractivity contribution in [2.24, 2.45) is 0 Å². The van der Waals surface area contributed by atoms with E-state index in [0.29, 0.717) is 0 Å². The van der Waals surface area contributed by atoms with Crippen LogP contribution in [0.4, 0.5) is 0 Å². The van der Waals surface area contributed by atoms with Crippen LogP contribution in [0.1, 0.15) is 26.7 Å². The molecule has 0 aromatic heterocycles. The van der Waals surface area contributed by atoms with Crippen molar-refractivity contribution in [2.75, 3.05) is 0 Å². The minimum Gasteiger partial charge on any atom is -1.00 e. The van der Waals surface area contributed by atoms with Crippen molar-refractivity contribution in [1.82, 2.24) is 0 Å². The van der Waals surface area contributed by atoms with Gasteiger partial charge in [-0.25, -0.2) is 0 Å². The van der Waals surface area contributed by atoms with Gasteiger partial charge in [0.1, 0.15) is 0 Å². The van der Waals surface area contributed by atoms with E-state index in [1.807, 2.05) is 0 Å². The molecule has 0 aliphatic carbocycles. The molecule has 0 heterocycles. The van der Waals surface area contributed by atoms with Gasteiger partial charge in [0, 0.05) is 0 Å². The fraction of sp³-hybridized carbons (Fsp3) is 1.00. The SMILES string of the molecule is CCCC.[Cl-].[Cl-].[K+].[Na+]. The molecule has 0 aliphatic rings. The van der Waals surface area contributed by atoms with Gasteiger partial charge < -0.3 is 24.8 Å². The summed E-state index contributed by atoms with van der Waals surface area (Å²) in [6.07, 6.45) is 2.64. The fourth-order valence-electron chi connectivity index (χ4n) is 0. The molecule has 0 atom stereocenters. The third kappa shape index (κ3) is 35.0. The quantitative estimate of drug-likeness (QED) is 0.361. The van der Waals surface area contributed by atoms with Gasteiger partial charge in [-0.1, -0.05) is 26.7 Å². The van der Waals surface area contributed by atoms with Gasteiger partial charge in [-0.3, -0.25) is 0 Å². The van der Waals surface area contributed by atoms with E-state index in [-0.39, 0.29) is 106 Å².